The molecule has 28 heavy (non-hydrogen) atoms. The fraction of sp³-hybridized carbons (Fsp3) is 0.300. The maximum atomic E-state index is 12.2. The van der Waals surface area contributed by atoms with Gasteiger partial charge in [-0.2, -0.15) is 0 Å². The molecule has 2 aliphatic rings. The lowest BCUT2D eigenvalue weighted by Gasteiger charge is -2.15. The average Bonchev–Trinajstić information content (AvgIpc) is 3.42. The van der Waals surface area contributed by atoms with Crippen molar-refractivity contribution in [2.45, 2.75) is 38.5 Å². The topological polar surface area (TPSA) is 93.4 Å². The van der Waals surface area contributed by atoms with E-state index >= 15 is 0 Å². The summed E-state index contributed by atoms with van der Waals surface area (Å²) in [5, 5.41) is 16.9. The van der Waals surface area contributed by atoms with Gasteiger partial charge >= 0.3 is 6.09 Å². The first-order chi connectivity index (χ1) is 13.7. The number of nitrogens with zero attached hydrogens (tertiary/aromatic N) is 5. The Bertz CT molecular complexity index is 1050. The second kappa shape index (κ2) is 6.42. The summed E-state index contributed by atoms with van der Waals surface area (Å²) in [7, 11) is 0. The van der Waals surface area contributed by atoms with E-state index < -0.39 is 0 Å². The van der Waals surface area contributed by atoms with E-state index in [0.29, 0.717) is 11.5 Å². The van der Waals surface area contributed by atoms with Crippen molar-refractivity contribution in [2.75, 3.05) is 4.90 Å². The van der Waals surface area contributed by atoms with Gasteiger partial charge in [0.25, 0.3) is 0 Å². The Morgan fingerprint density at radius 1 is 1.25 bits per heavy atom. The molecule has 1 amide bonds. The minimum Gasteiger partial charge on any atom is -0.444 e. The van der Waals surface area contributed by atoms with Crippen molar-refractivity contribution < 1.29 is 14.6 Å². The van der Waals surface area contributed by atoms with Gasteiger partial charge in [0.1, 0.15) is 11.8 Å². The maximum Gasteiger partial charge on any atom is 0.415 e. The Labute approximate surface area is 161 Å². The number of ether oxygens (including phenoxy) is 1. The first-order valence-corrected chi connectivity index (χ1v) is 9.29. The van der Waals surface area contributed by atoms with Gasteiger partial charge < -0.3 is 9.84 Å². The Morgan fingerprint density at radius 3 is 2.82 bits per heavy atom. The van der Waals surface area contributed by atoms with Crippen LogP contribution in [-0.2, 0) is 17.8 Å². The van der Waals surface area contributed by atoms with Crippen LogP contribution in [0.1, 0.15) is 24.6 Å². The summed E-state index contributed by atoms with van der Waals surface area (Å²) < 4.78 is 6.99. The number of aliphatic hydroxyl groups is 1. The average molecular weight is 377 g/mol. The zero-order chi connectivity index (χ0) is 19.3. The highest BCUT2D eigenvalue weighted by molar-refractivity contribution is 5.94. The van der Waals surface area contributed by atoms with E-state index in [0.717, 1.165) is 35.2 Å². The number of rotatable bonds is 4. The predicted octanol–water partition coefficient (Wildman–Crippen LogP) is 2.48. The molecule has 0 spiro atoms. The second-order valence-electron chi connectivity index (χ2n) is 7.03. The van der Waals surface area contributed by atoms with E-state index in [1.807, 2.05) is 31.2 Å². The Morgan fingerprint density at radius 2 is 2.11 bits per heavy atom. The van der Waals surface area contributed by atoms with Crippen LogP contribution in [0.25, 0.3) is 16.9 Å². The molecule has 2 atom stereocenters. The second-order valence-corrected chi connectivity index (χ2v) is 7.03. The van der Waals surface area contributed by atoms with Gasteiger partial charge in [0.2, 0.25) is 0 Å². The highest BCUT2D eigenvalue weighted by atomic mass is 16.6. The molecule has 1 N–H and O–H groups in total. The summed E-state index contributed by atoms with van der Waals surface area (Å²) in [6.45, 7) is 1.89. The molecule has 1 aromatic carbocycles. The fourth-order valence-corrected chi connectivity index (χ4v) is 3.99. The molecule has 2 aromatic heterocycles. The highest BCUT2D eigenvalue weighted by Gasteiger charge is 2.46. The van der Waals surface area contributed by atoms with Crippen molar-refractivity contribution in [1.29, 1.82) is 0 Å². The summed E-state index contributed by atoms with van der Waals surface area (Å²) in [6, 6.07) is 10.1. The Kier molecular flexibility index (Phi) is 3.87. The number of benzene rings is 1. The number of pyridine rings is 1. The van der Waals surface area contributed by atoms with Crippen molar-refractivity contribution in [1.82, 2.24) is 20.0 Å². The van der Waals surface area contributed by atoms with Crippen molar-refractivity contribution in [2.24, 2.45) is 0 Å². The van der Waals surface area contributed by atoms with Gasteiger partial charge in [0, 0.05) is 11.8 Å². The molecule has 4 heterocycles. The highest BCUT2D eigenvalue weighted by Crippen LogP contribution is 2.41. The van der Waals surface area contributed by atoms with Crippen LogP contribution >= 0.6 is 0 Å². The smallest absolute Gasteiger partial charge is 0.415 e. The van der Waals surface area contributed by atoms with E-state index in [1.54, 1.807) is 17.3 Å². The van der Waals surface area contributed by atoms with Crippen molar-refractivity contribution in [3.8, 4) is 16.9 Å². The van der Waals surface area contributed by atoms with E-state index in [9.17, 15) is 4.79 Å². The first-order valence-electron chi connectivity index (χ1n) is 9.29. The fourth-order valence-electron chi connectivity index (χ4n) is 3.99. The minimum absolute atomic E-state index is 0.0456. The van der Waals surface area contributed by atoms with Gasteiger partial charge in [-0.05, 0) is 48.2 Å². The largest absolute Gasteiger partial charge is 0.444 e. The third-order valence-corrected chi connectivity index (χ3v) is 5.40. The molecule has 8 nitrogen and oxygen atoms in total. The lowest BCUT2D eigenvalue weighted by atomic mass is 10.0. The number of fused-ring (bicyclic) bond motifs is 3. The van der Waals surface area contributed by atoms with Crippen LogP contribution in [0.2, 0.25) is 0 Å². The molecule has 8 heteroatoms. The number of hydrogen-bond donors (Lipinski definition) is 1. The summed E-state index contributed by atoms with van der Waals surface area (Å²) in [5.74, 6) is 0.631. The van der Waals surface area contributed by atoms with Crippen molar-refractivity contribution >= 4 is 11.8 Å². The molecular formula is C20H19N5O3. The molecule has 1 saturated heterocycles. The molecule has 142 valence electrons. The Hall–Kier alpha value is -3.26. The molecule has 2 aliphatic heterocycles. The number of cyclic esters (lactones) is 1. The third-order valence-electron chi connectivity index (χ3n) is 5.40. The summed E-state index contributed by atoms with van der Waals surface area (Å²) >= 11 is 0. The van der Waals surface area contributed by atoms with Crippen LogP contribution in [0.5, 0.6) is 0 Å². The third kappa shape index (κ3) is 2.56. The van der Waals surface area contributed by atoms with E-state index in [-0.39, 0.29) is 24.8 Å². The van der Waals surface area contributed by atoms with Crippen LogP contribution < -0.4 is 4.90 Å². The van der Waals surface area contributed by atoms with Crippen molar-refractivity contribution in [3.05, 3.63) is 54.0 Å². The normalized spacial score (nSPS) is 20.2. The molecule has 0 aliphatic carbocycles. The number of carbonyl (C=O) groups is 1. The van der Waals surface area contributed by atoms with Crippen LogP contribution in [0.3, 0.4) is 0 Å². The van der Waals surface area contributed by atoms with Gasteiger partial charge in [-0.25, -0.2) is 14.5 Å². The predicted molar refractivity (Wildman–Crippen MR) is 101 cm³/mol. The van der Waals surface area contributed by atoms with E-state index in [2.05, 4.69) is 21.4 Å². The lowest BCUT2D eigenvalue weighted by molar-refractivity contribution is 0.129. The molecule has 0 unspecified atom stereocenters. The quantitative estimate of drug-likeness (QED) is 0.751. The van der Waals surface area contributed by atoms with Gasteiger partial charge in [-0.15, -0.1) is 5.10 Å². The van der Waals surface area contributed by atoms with E-state index in [4.69, 9.17) is 9.84 Å². The number of aliphatic hydroxyl groups excluding tert-OH is 1. The number of hydrogen-bond acceptors (Lipinski definition) is 6. The number of aromatic nitrogens is 4. The van der Waals surface area contributed by atoms with Gasteiger partial charge in [-0.3, -0.25) is 4.90 Å². The summed E-state index contributed by atoms with van der Waals surface area (Å²) in [4.78, 5) is 18.4. The molecule has 0 bridgehead atoms. The SMILES string of the molecule is CC[C@@H]1OC(=O)N2c3ccc(-c4ccc(-n5cc(CO)nn5)nc4)cc3C[C@H]12. The maximum absolute atomic E-state index is 12.2. The van der Waals surface area contributed by atoms with Crippen molar-refractivity contribution in [3.63, 3.8) is 0 Å². The summed E-state index contributed by atoms with van der Waals surface area (Å²) in [5.41, 5.74) is 4.63. The van der Waals surface area contributed by atoms with Crippen LogP contribution in [0, 0.1) is 0 Å². The number of amides is 1. The Balaban J connectivity index is 1.43. The molecular weight excluding hydrogens is 358 g/mol. The number of anilines is 1. The van der Waals surface area contributed by atoms with Gasteiger partial charge in [-0.1, -0.05) is 18.2 Å². The van der Waals surface area contributed by atoms with E-state index in [1.165, 1.54) is 4.68 Å². The summed E-state index contributed by atoms with van der Waals surface area (Å²) in [6.07, 6.45) is 4.77. The standard InChI is InChI=1S/C20H19N5O3/c1-2-18-17-8-14-7-12(3-5-16(14)25(17)20(27)28-18)13-4-6-19(21-9-13)24-10-15(11-26)22-23-24/h3-7,9-10,17-18,26H,2,8,11H2,1H3/t17-,18+/m1/s1. The minimum atomic E-state index is -0.246. The monoisotopic (exact) mass is 377 g/mol. The van der Waals surface area contributed by atoms with Gasteiger partial charge in [0.15, 0.2) is 5.82 Å². The van der Waals surface area contributed by atoms with Crippen LogP contribution in [0.15, 0.2) is 42.7 Å². The zero-order valence-corrected chi connectivity index (χ0v) is 15.3. The molecule has 0 radical (unpaired) electrons. The molecule has 3 aromatic rings. The molecule has 0 saturated carbocycles. The number of carbonyl (C=O) groups excluding carboxylic acids is 1. The zero-order valence-electron chi connectivity index (χ0n) is 15.3. The first kappa shape index (κ1) is 16.9. The van der Waals surface area contributed by atoms with Gasteiger partial charge in [0.05, 0.1) is 24.5 Å². The lowest BCUT2D eigenvalue weighted by Crippen LogP contribution is -2.32. The van der Waals surface area contributed by atoms with Crippen LogP contribution in [0.4, 0.5) is 10.5 Å². The van der Waals surface area contributed by atoms with Crippen LogP contribution in [-0.4, -0.2) is 43.3 Å². The molecule has 5 rings (SSSR count). The molecule has 1 fully saturated rings.